The maximum atomic E-state index is 13.4. The monoisotopic (exact) mass is 291 g/mol. The third kappa shape index (κ3) is 3.48. The zero-order chi connectivity index (χ0) is 14.5. The van der Waals surface area contributed by atoms with E-state index in [1.165, 1.54) is 30.3 Å². The molecule has 0 aliphatic carbocycles. The van der Waals surface area contributed by atoms with Crippen molar-refractivity contribution in [1.82, 2.24) is 0 Å². The number of thiocarbonyl (C=S) groups is 1. The van der Waals surface area contributed by atoms with E-state index in [2.05, 4.69) is 10.6 Å². The quantitative estimate of drug-likeness (QED) is 0.514. The molecule has 0 aromatic heterocycles. The first-order valence-electron chi connectivity index (χ1n) is 5.63. The van der Waals surface area contributed by atoms with Crippen LogP contribution < -0.4 is 10.6 Å². The van der Waals surface area contributed by atoms with Gasteiger partial charge < -0.3 is 10.6 Å². The van der Waals surface area contributed by atoms with Crippen molar-refractivity contribution in [2.24, 2.45) is 0 Å². The highest BCUT2D eigenvalue weighted by Gasteiger charge is 2.07. The predicted molar refractivity (Wildman–Crippen MR) is 79.3 cm³/mol. The molecule has 0 radical (unpaired) electrons. The van der Waals surface area contributed by atoms with Crippen LogP contribution in [0.1, 0.15) is 0 Å². The first kappa shape index (κ1) is 13.9. The van der Waals surface area contributed by atoms with Crippen LogP contribution in [0, 0.1) is 15.9 Å². The molecule has 0 spiro atoms. The molecule has 2 N–H and O–H groups in total. The summed E-state index contributed by atoms with van der Waals surface area (Å²) in [6.07, 6.45) is 0. The minimum atomic E-state index is -0.501. The summed E-state index contributed by atoms with van der Waals surface area (Å²) in [7, 11) is 0. The summed E-state index contributed by atoms with van der Waals surface area (Å²) in [6.45, 7) is 0. The lowest BCUT2D eigenvalue weighted by Crippen LogP contribution is -2.19. The van der Waals surface area contributed by atoms with Crippen LogP contribution in [0.5, 0.6) is 0 Å². The Balaban J connectivity index is 2.07. The number of nitrogens with one attached hydrogen (secondary N) is 2. The third-order valence-corrected chi connectivity index (χ3v) is 2.64. The van der Waals surface area contributed by atoms with Gasteiger partial charge in [-0.25, -0.2) is 4.39 Å². The van der Waals surface area contributed by atoms with Gasteiger partial charge in [-0.05, 0) is 30.4 Å². The standard InChI is InChI=1S/C13H10FN3O2S/c14-11-6-1-2-7-12(11)16-13(20)15-9-4-3-5-10(8-9)17(18)19/h1-8H,(H2,15,16,20). The van der Waals surface area contributed by atoms with E-state index >= 15 is 0 Å². The molecule has 0 bridgehead atoms. The number of halogens is 1. The first-order chi connectivity index (χ1) is 9.56. The number of rotatable bonds is 3. The molecule has 2 aromatic carbocycles. The molecule has 102 valence electrons. The maximum absolute atomic E-state index is 13.4. The molecule has 0 amide bonds. The van der Waals surface area contributed by atoms with Gasteiger partial charge in [-0.15, -0.1) is 0 Å². The van der Waals surface area contributed by atoms with E-state index in [1.807, 2.05) is 0 Å². The van der Waals surface area contributed by atoms with Crippen LogP contribution in [-0.2, 0) is 0 Å². The molecule has 0 fully saturated rings. The van der Waals surface area contributed by atoms with Gasteiger partial charge in [0.2, 0.25) is 0 Å². The largest absolute Gasteiger partial charge is 0.332 e. The smallest absolute Gasteiger partial charge is 0.271 e. The zero-order valence-corrected chi connectivity index (χ0v) is 11.0. The molecule has 0 heterocycles. The number of hydrogen-bond acceptors (Lipinski definition) is 3. The third-order valence-electron chi connectivity index (χ3n) is 2.44. The summed E-state index contributed by atoms with van der Waals surface area (Å²) in [5, 5.41) is 16.2. The average Bonchev–Trinajstić information content (AvgIpc) is 2.41. The lowest BCUT2D eigenvalue weighted by molar-refractivity contribution is -0.384. The minimum Gasteiger partial charge on any atom is -0.332 e. The molecule has 0 unspecified atom stereocenters. The van der Waals surface area contributed by atoms with Crippen LogP contribution >= 0.6 is 12.2 Å². The molecule has 0 saturated carbocycles. The molecule has 0 aliphatic rings. The van der Waals surface area contributed by atoms with Gasteiger partial charge in [0, 0.05) is 17.8 Å². The van der Waals surface area contributed by atoms with E-state index in [9.17, 15) is 14.5 Å². The lowest BCUT2D eigenvalue weighted by atomic mass is 10.3. The van der Waals surface area contributed by atoms with Gasteiger partial charge in [0.1, 0.15) is 5.82 Å². The highest BCUT2D eigenvalue weighted by Crippen LogP contribution is 2.18. The molecule has 0 atom stereocenters. The van der Waals surface area contributed by atoms with Crippen molar-refractivity contribution in [1.29, 1.82) is 0 Å². The molecule has 2 rings (SSSR count). The highest BCUT2D eigenvalue weighted by molar-refractivity contribution is 7.80. The van der Waals surface area contributed by atoms with Crippen LogP contribution in [0.25, 0.3) is 0 Å². The van der Waals surface area contributed by atoms with E-state index in [0.29, 0.717) is 5.69 Å². The van der Waals surface area contributed by atoms with Crippen LogP contribution in [0.2, 0.25) is 0 Å². The second kappa shape index (κ2) is 6.07. The molecule has 20 heavy (non-hydrogen) atoms. The summed E-state index contributed by atoms with van der Waals surface area (Å²) in [5.74, 6) is -0.435. The van der Waals surface area contributed by atoms with Gasteiger partial charge in [0.15, 0.2) is 5.11 Å². The van der Waals surface area contributed by atoms with Crippen molar-refractivity contribution < 1.29 is 9.31 Å². The summed E-state index contributed by atoms with van der Waals surface area (Å²) < 4.78 is 13.4. The van der Waals surface area contributed by atoms with Gasteiger partial charge in [0.05, 0.1) is 10.6 Å². The summed E-state index contributed by atoms with van der Waals surface area (Å²) in [5.41, 5.74) is 0.632. The number of anilines is 2. The fourth-order valence-electron chi connectivity index (χ4n) is 1.54. The van der Waals surface area contributed by atoms with Crippen molar-refractivity contribution in [2.45, 2.75) is 0 Å². The number of nitrogens with zero attached hydrogens (tertiary/aromatic N) is 1. The van der Waals surface area contributed by atoms with E-state index in [-0.39, 0.29) is 16.5 Å². The Bertz CT molecular complexity index is 664. The van der Waals surface area contributed by atoms with Crippen LogP contribution in [0.15, 0.2) is 48.5 Å². The second-order valence-electron chi connectivity index (χ2n) is 3.87. The van der Waals surface area contributed by atoms with Gasteiger partial charge >= 0.3 is 0 Å². The molecule has 0 saturated heterocycles. The van der Waals surface area contributed by atoms with E-state index < -0.39 is 10.7 Å². The van der Waals surface area contributed by atoms with Crippen LogP contribution in [-0.4, -0.2) is 10.0 Å². The first-order valence-corrected chi connectivity index (χ1v) is 6.04. The summed E-state index contributed by atoms with van der Waals surface area (Å²) in [4.78, 5) is 10.2. The Kier molecular flexibility index (Phi) is 4.21. The molecular weight excluding hydrogens is 281 g/mol. The molecule has 5 nitrogen and oxygen atoms in total. The molecular formula is C13H10FN3O2S. The van der Waals surface area contributed by atoms with Crippen LogP contribution in [0.4, 0.5) is 21.5 Å². The van der Waals surface area contributed by atoms with Gasteiger partial charge in [-0.1, -0.05) is 18.2 Å². The van der Waals surface area contributed by atoms with Gasteiger partial charge in [-0.3, -0.25) is 10.1 Å². The zero-order valence-electron chi connectivity index (χ0n) is 10.2. The molecule has 2 aromatic rings. The topological polar surface area (TPSA) is 67.2 Å². The number of para-hydroxylation sites is 1. The SMILES string of the molecule is O=[N+]([O-])c1cccc(NC(=S)Nc2ccccc2F)c1. The maximum Gasteiger partial charge on any atom is 0.271 e. The van der Waals surface area contributed by atoms with Crippen molar-refractivity contribution in [3.63, 3.8) is 0 Å². The Labute approximate surface area is 119 Å². The lowest BCUT2D eigenvalue weighted by Gasteiger charge is -2.10. The highest BCUT2D eigenvalue weighted by atomic mass is 32.1. The average molecular weight is 291 g/mol. The number of benzene rings is 2. The fraction of sp³-hybridized carbons (Fsp3) is 0. The van der Waals surface area contributed by atoms with Gasteiger partial charge in [-0.2, -0.15) is 0 Å². The summed E-state index contributed by atoms with van der Waals surface area (Å²) >= 11 is 5.03. The van der Waals surface area contributed by atoms with Crippen molar-refractivity contribution >= 4 is 34.4 Å². The van der Waals surface area contributed by atoms with Crippen molar-refractivity contribution in [2.75, 3.05) is 10.6 Å². The number of non-ortho nitro benzene ring substituents is 1. The van der Waals surface area contributed by atoms with Crippen molar-refractivity contribution in [3.8, 4) is 0 Å². The number of hydrogen-bond donors (Lipinski definition) is 2. The van der Waals surface area contributed by atoms with Crippen molar-refractivity contribution in [3.05, 3.63) is 64.5 Å². The molecule has 7 heteroatoms. The second-order valence-corrected chi connectivity index (χ2v) is 4.27. The van der Waals surface area contributed by atoms with E-state index in [0.717, 1.165) is 0 Å². The van der Waals surface area contributed by atoms with Gasteiger partial charge in [0.25, 0.3) is 5.69 Å². The van der Waals surface area contributed by atoms with E-state index in [4.69, 9.17) is 12.2 Å². The predicted octanol–water partition coefficient (Wildman–Crippen LogP) is 3.54. The minimum absolute atomic E-state index is 0.0521. The normalized spacial score (nSPS) is 9.85. The Hall–Kier alpha value is -2.54. The Morgan fingerprint density at radius 2 is 1.90 bits per heavy atom. The van der Waals surface area contributed by atoms with E-state index in [1.54, 1.807) is 18.2 Å². The number of nitro benzene ring substituents is 1. The Morgan fingerprint density at radius 3 is 2.60 bits per heavy atom. The molecule has 0 aliphatic heterocycles. The fourth-order valence-corrected chi connectivity index (χ4v) is 1.77. The van der Waals surface area contributed by atoms with Crippen LogP contribution in [0.3, 0.4) is 0 Å². The summed E-state index contributed by atoms with van der Waals surface area (Å²) in [6, 6.07) is 12.0. The number of nitro groups is 1. The Morgan fingerprint density at radius 1 is 1.15 bits per heavy atom.